The number of rotatable bonds is 3. The molecule has 0 aliphatic rings. The minimum Gasteiger partial charge on any atom is -0.492 e. The van der Waals surface area contributed by atoms with Crippen molar-refractivity contribution in [3.63, 3.8) is 0 Å². The molecule has 1 heterocycles. The number of nitriles is 1. The summed E-state index contributed by atoms with van der Waals surface area (Å²) in [5, 5.41) is 18.5. The summed E-state index contributed by atoms with van der Waals surface area (Å²) >= 11 is 0. The molecular formula is C12H12N2O3. The second-order valence-corrected chi connectivity index (χ2v) is 3.35. The van der Waals surface area contributed by atoms with Gasteiger partial charge in [0.15, 0.2) is 0 Å². The van der Waals surface area contributed by atoms with Gasteiger partial charge in [0.25, 0.3) is 0 Å². The summed E-state index contributed by atoms with van der Waals surface area (Å²) in [5.41, 5.74) is 0.905. The highest BCUT2D eigenvalue weighted by Crippen LogP contribution is 2.25. The average Bonchev–Trinajstić information content (AvgIpc) is 2.31. The van der Waals surface area contributed by atoms with E-state index in [0.29, 0.717) is 17.7 Å². The van der Waals surface area contributed by atoms with Gasteiger partial charge in [0.1, 0.15) is 11.6 Å². The van der Waals surface area contributed by atoms with Gasteiger partial charge in [-0.25, -0.2) is 9.78 Å². The Balaban J connectivity index is 3.63. The first-order valence-corrected chi connectivity index (χ1v) is 4.88. The van der Waals surface area contributed by atoms with Crippen molar-refractivity contribution in [2.24, 2.45) is 0 Å². The summed E-state index contributed by atoms with van der Waals surface area (Å²) in [6, 6.07) is 1.76. The van der Waals surface area contributed by atoms with E-state index in [1.807, 2.05) is 0 Å². The van der Waals surface area contributed by atoms with E-state index < -0.39 is 11.8 Å². The number of esters is 1. The van der Waals surface area contributed by atoms with E-state index in [1.54, 1.807) is 19.1 Å². The number of aromatic hydroxyl groups is 1. The largest absolute Gasteiger partial charge is 0.492 e. The van der Waals surface area contributed by atoms with Crippen molar-refractivity contribution in [3.05, 3.63) is 35.0 Å². The van der Waals surface area contributed by atoms with E-state index in [0.717, 1.165) is 0 Å². The lowest BCUT2D eigenvalue weighted by atomic mass is 9.99. The van der Waals surface area contributed by atoms with Gasteiger partial charge >= 0.3 is 5.97 Å². The molecule has 0 bridgehead atoms. The maximum Gasteiger partial charge on any atom is 0.339 e. The van der Waals surface area contributed by atoms with Crippen LogP contribution in [0.4, 0.5) is 0 Å². The van der Waals surface area contributed by atoms with Crippen LogP contribution in [0.15, 0.2) is 12.7 Å². The number of ether oxygens (including phenoxy) is 1. The van der Waals surface area contributed by atoms with Gasteiger partial charge in [-0.1, -0.05) is 6.08 Å². The summed E-state index contributed by atoms with van der Waals surface area (Å²) in [4.78, 5) is 15.5. The van der Waals surface area contributed by atoms with Crippen LogP contribution in [-0.4, -0.2) is 23.2 Å². The van der Waals surface area contributed by atoms with Crippen molar-refractivity contribution in [2.45, 2.75) is 13.3 Å². The second-order valence-electron chi connectivity index (χ2n) is 3.35. The molecule has 0 amide bonds. The zero-order chi connectivity index (χ0) is 13.0. The molecule has 0 radical (unpaired) electrons. The molecule has 0 atom stereocenters. The van der Waals surface area contributed by atoms with E-state index in [2.05, 4.69) is 16.3 Å². The number of methoxy groups -OCH3 is 1. The van der Waals surface area contributed by atoms with E-state index in [-0.39, 0.29) is 11.1 Å². The van der Waals surface area contributed by atoms with Crippen LogP contribution in [0.25, 0.3) is 0 Å². The van der Waals surface area contributed by atoms with Crippen LogP contribution >= 0.6 is 0 Å². The number of hydrogen-bond donors (Lipinski definition) is 1. The molecule has 5 nitrogen and oxygen atoms in total. The van der Waals surface area contributed by atoms with Crippen LogP contribution in [0.2, 0.25) is 0 Å². The average molecular weight is 232 g/mol. The van der Waals surface area contributed by atoms with Crippen molar-refractivity contribution >= 4 is 5.97 Å². The minimum absolute atomic E-state index is 0.0555. The molecule has 5 heteroatoms. The fourth-order valence-corrected chi connectivity index (χ4v) is 1.55. The van der Waals surface area contributed by atoms with E-state index in [9.17, 15) is 9.90 Å². The lowest BCUT2D eigenvalue weighted by molar-refractivity contribution is 0.0598. The molecule has 1 N–H and O–H groups in total. The zero-order valence-corrected chi connectivity index (χ0v) is 9.65. The van der Waals surface area contributed by atoms with E-state index >= 15 is 0 Å². The number of nitrogens with zero attached hydrogens (tertiary/aromatic N) is 2. The minimum atomic E-state index is -0.667. The van der Waals surface area contributed by atoms with E-state index in [4.69, 9.17) is 5.26 Å². The highest BCUT2D eigenvalue weighted by Gasteiger charge is 2.23. The smallest absolute Gasteiger partial charge is 0.339 e. The van der Waals surface area contributed by atoms with Crippen molar-refractivity contribution in [2.75, 3.05) is 7.11 Å². The quantitative estimate of drug-likeness (QED) is 0.630. The van der Waals surface area contributed by atoms with Crippen LogP contribution in [-0.2, 0) is 11.2 Å². The maximum atomic E-state index is 11.6. The SMILES string of the molecule is C=CCc1c(C)nc(O)c(C#N)c1C(=O)OC. The molecule has 0 aliphatic carbocycles. The Morgan fingerprint density at radius 2 is 2.35 bits per heavy atom. The van der Waals surface area contributed by atoms with E-state index in [1.165, 1.54) is 7.11 Å². The Kier molecular flexibility index (Phi) is 3.83. The van der Waals surface area contributed by atoms with Crippen LogP contribution in [0.3, 0.4) is 0 Å². The van der Waals surface area contributed by atoms with Crippen LogP contribution < -0.4 is 0 Å². The van der Waals surface area contributed by atoms with Gasteiger partial charge in [0.05, 0.1) is 12.7 Å². The predicted molar refractivity (Wildman–Crippen MR) is 60.6 cm³/mol. The number of allylic oxidation sites excluding steroid dienone is 1. The first kappa shape index (κ1) is 12.7. The van der Waals surface area contributed by atoms with Crippen molar-refractivity contribution < 1.29 is 14.6 Å². The third-order valence-electron chi connectivity index (χ3n) is 2.34. The number of pyridine rings is 1. The molecule has 0 fully saturated rings. The van der Waals surface area contributed by atoms with Crippen LogP contribution in [0.5, 0.6) is 5.88 Å². The molecule has 0 saturated carbocycles. The fourth-order valence-electron chi connectivity index (χ4n) is 1.55. The van der Waals surface area contributed by atoms with Gasteiger partial charge in [-0.3, -0.25) is 0 Å². The summed E-state index contributed by atoms with van der Waals surface area (Å²) in [5.74, 6) is -1.13. The summed E-state index contributed by atoms with van der Waals surface area (Å²) in [6.45, 7) is 5.22. The van der Waals surface area contributed by atoms with Gasteiger partial charge in [0.2, 0.25) is 5.88 Å². The highest BCUT2D eigenvalue weighted by molar-refractivity contribution is 5.94. The number of hydrogen-bond acceptors (Lipinski definition) is 5. The molecule has 0 saturated heterocycles. The van der Waals surface area contributed by atoms with Gasteiger partial charge in [-0.2, -0.15) is 5.26 Å². The predicted octanol–water partition coefficient (Wildman–Crippen LogP) is 1.48. The Bertz CT molecular complexity index is 515. The Labute approximate surface area is 99.0 Å². The molecule has 88 valence electrons. The monoisotopic (exact) mass is 232 g/mol. The van der Waals surface area contributed by atoms with Crippen molar-refractivity contribution in [1.29, 1.82) is 5.26 Å². The van der Waals surface area contributed by atoms with Crippen LogP contribution in [0, 0.1) is 18.3 Å². The molecule has 1 aromatic heterocycles. The Hall–Kier alpha value is -2.35. The fraction of sp³-hybridized carbons (Fsp3) is 0.250. The van der Waals surface area contributed by atoms with Crippen molar-refractivity contribution in [3.8, 4) is 11.9 Å². The lowest BCUT2D eigenvalue weighted by Crippen LogP contribution is -2.11. The van der Waals surface area contributed by atoms with Gasteiger partial charge in [-0.05, 0) is 18.9 Å². The molecule has 0 aliphatic heterocycles. The van der Waals surface area contributed by atoms with Gasteiger partial charge in [-0.15, -0.1) is 6.58 Å². The molecule has 0 aromatic carbocycles. The first-order valence-electron chi connectivity index (χ1n) is 4.88. The normalized spacial score (nSPS) is 9.47. The number of carbonyl (C=O) groups excluding carboxylic acids is 1. The second kappa shape index (κ2) is 5.12. The number of aromatic nitrogens is 1. The first-order chi connectivity index (χ1) is 8.06. The third-order valence-corrected chi connectivity index (χ3v) is 2.34. The summed E-state index contributed by atoms with van der Waals surface area (Å²) in [6.07, 6.45) is 1.97. The lowest BCUT2D eigenvalue weighted by Gasteiger charge is -2.11. The number of aryl methyl sites for hydroxylation is 1. The molecule has 0 spiro atoms. The molecule has 0 unspecified atom stereocenters. The van der Waals surface area contributed by atoms with Gasteiger partial charge < -0.3 is 9.84 Å². The summed E-state index contributed by atoms with van der Waals surface area (Å²) in [7, 11) is 1.22. The molecular weight excluding hydrogens is 220 g/mol. The maximum absolute atomic E-state index is 11.6. The molecule has 17 heavy (non-hydrogen) atoms. The van der Waals surface area contributed by atoms with Crippen molar-refractivity contribution in [1.82, 2.24) is 4.98 Å². The standard InChI is InChI=1S/C12H12N2O3/c1-4-5-8-7(2)14-11(15)9(6-13)10(8)12(16)17-3/h4H,1,5H2,2-3H3,(H,14,15). The highest BCUT2D eigenvalue weighted by atomic mass is 16.5. The topological polar surface area (TPSA) is 83.2 Å². The number of carbonyl (C=O) groups is 1. The zero-order valence-electron chi connectivity index (χ0n) is 9.65. The Morgan fingerprint density at radius 1 is 1.71 bits per heavy atom. The molecule has 1 aromatic rings. The Morgan fingerprint density at radius 3 is 2.82 bits per heavy atom. The van der Waals surface area contributed by atoms with Gasteiger partial charge in [0, 0.05) is 5.69 Å². The third kappa shape index (κ3) is 2.26. The summed E-state index contributed by atoms with van der Waals surface area (Å²) < 4.78 is 4.61. The van der Waals surface area contributed by atoms with Crippen LogP contribution in [0.1, 0.15) is 27.2 Å². The molecule has 1 rings (SSSR count).